The molecule has 0 radical (unpaired) electrons. The first-order chi connectivity index (χ1) is 11.8. The largest absolute Gasteiger partial charge is 0.508 e. The molecular weight excluding hydrogens is 298 g/mol. The molecule has 4 rings (SSSR count). The van der Waals surface area contributed by atoms with Gasteiger partial charge in [-0.05, 0) is 55.8 Å². The SMILES string of the molecule is Oc1cccc(-c2cnn(-c3ccccc3)c2C2CCNCC2)c1. The lowest BCUT2D eigenvalue weighted by Gasteiger charge is -2.25. The predicted octanol–water partition coefficient (Wildman–Crippen LogP) is 3.71. The van der Waals surface area contributed by atoms with Gasteiger partial charge in [-0.2, -0.15) is 5.10 Å². The van der Waals surface area contributed by atoms with Crippen LogP contribution in [0.5, 0.6) is 5.75 Å². The van der Waals surface area contributed by atoms with Crippen LogP contribution in [0.25, 0.3) is 16.8 Å². The number of piperidine rings is 1. The van der Waals surface area contributed by atoms with E-state index in [0.717, 1.165) is 42.7 Å². The first-order valence-electron chi connectivity index (χ1n) is 8.46. The molecule has 2 N–H and O–H groups in total. The van der Waals surface area contributed by atoms with Crippen LogP contribution >= 0.6 is 0 Å². The molecule has 1 aliphatic rings. The summed E-state index contributed by atoms with van der Waals surface area (Å²) in [4.78, 5) is 0. The Hall–Kier alpha value is -2.59. The van der Waals surface area contributed by atoms with E-state index < -0.39 is 0 Å². The molecule has 0 aliphatic carbocycles. The van der Waals surface area contributed by atoms with Gasteiger partial charge in [-0.15, -0.1) is 0 Å². The van der Waals surface area contributed by atoms with Gasteiger partial charge in [0.25, 0.3) is 0 Å². The van der Waals surface area contributed by atoms with Gasteiger partial charge in [-0.25, -0.2) is 4.68 Å². The summed E-state index contributed by atoms with van der Waals surface area (Å²) in [6, 6.07) is 17.7. The van der Waals surface area contributed by atoms with Gasteiger partial charge in [0, 0.05) is 11.5 Å². The molecule has 0 spiro atoms. The molecule has 1 saturated heterocycles. The van der Waals surface area contributed by atoms with Gasteiger partial charge in [0.2, 0.25) is 0 Å². The summed E-state index contributed by atoms with van der Waals surface area (Å²) in [5, 5.41) is 18.0. The first kappa shape index (κ1) is 15.0. The van der Waals surface area contributed by atoms with Gasteiger partial charge in [-0.1, -0.05) is 30.3 Å². The highest BCUT2D eigenvalue weighted by Crippen LogP contribution is 2.36. The number of rotatable bonds is 3. The topological polar surface area (TPSA) is 50.1 Å². The minimum atomic E-state index is 0.288. The fourth-order valence-electron chi connectivity index (χ4n) is 3.52. The monoisotopic (exact) mass is 319 g/mol. The van der Waals surface area contributed by atoms with E-state index in [2.05, 4.69) is 27.2 Å². The van der Waals surface area contributed by atoms with Crippen LogP contribution in [0.15, 0.2) is 60.8 Å². The Morgan fingerprint density at radius 2 is 1.79 bits per heavy atom. The Kier molecular flexibility index (Phi) is 4.05. The van der Waals surface area contributed by atoms with Crippen LogP contribution in [0, 0.1) is 0 Å². The number of phenolic OH excluding ortho intramolecular Hbond substituents is 1. The van der Waals surface area contributed by atoms with Crippen LogP contribution in [0.3, 0.4) is 0 Å². The number of nitrogens with zero attached hydrogens (tertiary/aromatic N) is 2. The van der Waals surface area contributed by atoms with Crippen LogP contribution in [0.4, 0.5) is 0 Å². The van der Waals surface area contributed by atoms with Crippen molar-refractivity contribution in [3.05, 3.63) is 66.5 Å². The Balaban J connectivity index is 1.86. The minimum absolute atomic E-state index is 0.288. The summed E-state index contributed by atoms with van der Waals surface area (Å²) in [5.41, 5.74) is 4.46. The van der Waals surface area contributed by atoms with Gasteiger partial charge < -0.3 is 10.4 Å². The van der Waals surface area contributed by atoms with Crippen molar-refractivity contribution in [2.45, 2.75) is 18.8 Å². The van der Waals surface area contributed by atoms with E-state index in [1.54, 1.807) is 6.07 Å². The average Bonchev–Trinajstić information content (AvgIpc) is 3.08. The molecule has 0 saturated carbocycles. The molecule has 4 heteroatoms. The molecule has 24 heavy (non-hydrogen) atoms. The van der Waals surface area contributed by atoms with E-state index >= 15 is 0 Å². The molecule has 2 heterocycles. The number of benzene rings is 2. The zero-order chi connectivity index (χ0) is 16.4. The molecule has 122 valence electrons. The van der Waals surface area contributed by atoms with Crippen LogP contribution < -0.4 is 5.32 Å². The second-order valence-electron chi connectivity index (χ2n) is 6.27. The lowest BCUT2D eigenvalue weighted by molar-refractivity contribution is 0.446. The number of hydrogen-bond donors (Lipinski definition) is 2. The van der Waals surface area contributed by atoms with Gasteiger partial charge in [-0.3, -0.25) is 0 Å². The third-order valence-corrected chi connectivity index (χ3v) is 4.69. The maximum Gasteiger partial charge on any atom is 0.116 e. The highest BCUT2D eigenvalue weighted by molar-refractivity contribution is 5.68. The number of aromatic hydroxyl groups is 1. The van der Waals surface area contributed by atoms with Crippen molar-refractivity contribution in [3.63, 3.8) is 0 Å². The second-order valence-corrected chi connectivity index (χ2v) is 6.27. The highest BCUT2D eigenvalue weighted by Gasteiger charge is 2.24. The van der Waals surface area contributed by atoms with E-state index in [0.29, 0.717) is 5.92 Å². The Morgan fingerprint density at radius 1 is 1.00 bits per heavy atom. The van der Waals surface area contributed by atoms with Gasteiger partial charge in [0.15, 0.2) is 0 Å². The number of hydrogen-bond acceptors (Lipinski definition) is 3. The smallest absolute Gasteiger partial charge is 0.116 e. The fraction of sp³-hybridized carbons (Fsp3) is 0.250. The molecule has 0 bridgehead atoms. The van der Waals surface area contributed by atoms with Gasteiger partial charge in [0.1, 0.15) is 5.75 Å². The summed E-state index contributed by atoms with van der Waals surface area (Å²) >= 11 is 0. The van der Waals surface area contributed by atoms with E-state index in [1.165, 1.54) is 5.69 Å². The standard InChI is InChI=1S/C20H21N3O/c24-18-8-4-5-16(13-18)19-14-22-23(17-6-2-1-3-7-17)20(19)15-9-11-21-12-10-15/h1-8,13-15,21,24H,9-12H2. The normalized spacial score (nSPS) is 15.5. The fourth-order valence-corrected chi connectivity index (χ4v) is 3.52. The molecule has 3 aromatic rings. The van der Waals surface area contributed by atoms with Crippen LogP contribution in [0.1, 0.15) is 24.5 Å². The van der Waals surface area contributed by atoms with E-state index in [9.17, 15) is 5.11 Å². The second kappa shape index (κ2) is 6.49. The maximum absolute atomic E-state index is 9.86. The summed E-state index contributed by atoms with van der Waals surface area (Å²) in [5.74, 6) is 0.752. The number of aromatic nitrogens is 2. The van der Waals surface area contributed by atoms with Crippen molar-refractivity contribution < 1.29 is 5.11 Å². The maximum atomic E-state index is 9.86. The molecule has 0 unspecified atom stereocenters. The molecule has 1 aliphatic heterocycles. The quantitative estimate of drug-likeness (QED) is 0.774. The van der Waals surface area contributed by atoms with Crippen LogP contribution in [0.2, 0.25) is 0 Å². The molecule has 0 atom stereocenters. The Labute approximate surface area is 141 Å². The van der Waals surface area contributed by atoms with E-state index in [1.807, 2.05) is 42.6 Å². The third kappa shape index (κ3) is 2.81. The molecule has 2 aromatic carbocycles. The number of para-hydroxylation sites is 1. The van der Waals surface area contributed by atoms with Crippen molar-refractivity contribution in [1.82, 2.24) is 15.1 Å². The van der Waals surface area contributed by atoms with Gasteiger partial charge >= 0.3 is 0 Å². The summed E-state index contributed by atoms with van der Waals surface area (Å²) in [6.45, 7) is 2.06. The molecule has 4 nitrogen and oxygen atoms in total. The van der Waals surface area contributed by atoms with Crippen LogP contribution in [-0.2, 0) is 0 Å². The predicted molar refractivity (Wildman–Crippen MR) is 95.5 cm³/mol. The van der Waals surface area contributed by atoms with E-state index in [4.69, 9.17) is 0 Å². The van der Waals surface area contributed by atoms with Crippen LogP contribution in [-0.4, -0.2) is 28.0 Å². The lowest BCUT2D eigenvalue weighted by Crippen LogP contribution is -2.28. The Bertz CT molecular complexity index is 820. The molecular formula is C20H21N3O. The molecule has 0 amide bonds. The number of nitrogens with one attached hydrogen (secondary N) is 1. The third-order valence-electron chi connectivity index (χ3n) is 4.69. The molecule has 1 aromatic heterocycles. The van der Waals surface area contributed by atoms with Crippen molar-refractivity contribution in [2.24, 2.45) is 0 Å². The van der Waals surface area contributed by atoms with Crippen molar-refractivity contribution in [1.29, 1.82) is 0 Å². The molecule has 1 fully saturated rings. The van der Waals surface area contributed by atoms with Crippen molar-refractivity contribution >= 4 is 0 Å². The summed E-state index contributed by atoms with van der Waals surface area (Å²) in [6.07, 6.45) is 4.13. The van der Waals surface area contributed by atoms with Crippen molar-refractivity contribution in [2.75, 3.05) is 13.1 Å². The first-order valence-corrected chi connectivity index (χ1v) is 8.46. The minimum Gasteiger partial charge on any atom is -0.508 e. The zero-order valence-electron chi connectivity index (χ0n) is 13.5. The highest BCUT2D eigenvalue weighted by atomic mass is 16.3. The summed E-state index contributed by atoms with van der Waals surface area (Å²) < 4.78 is 2.06. The van der Waals surface area contributed by atoms with Gasteiger partial charge in [0.05, 0.1) is 17.6 Å². The number of phenols is 1. The summed E-state index contributed by atoms with van der Waals surface area (Å²) in [7, 11) is 0. The lowest BCUT2D eigenvalue weighted by atomic mass is 9.90. The van der Waals surface area contributed by atoms with Crippen molar-refractivity contribution in [3.8, 4) is 22.6 Å². The Morgan fingerprint density at radius 3 is 2.54 bits per heavy atom. The van der Waals surface area contributed by atoms with E-state index in [-0.39, 0.29) is 5.75 Å². The zero-order valence-corrected chi connectivity index (χ0v) is 13.5. The average molecular weight is 319 g/mol.